The quantitative estimate of drug-likeness (QED) is 0.746. The highest BCUT2D eigenvalue weighted by Gasteiger charge is 2.43. The molecular formula is C14H26N2O4. The Morgan fingerprint density at radius 3 is 2.35 bits per heavy atom. The largest absolute Gasteiger partial charge is 0.480 e. The molecule has 0 aromatic heterocycles. The molecule has 1 fully saturated rings. The van der Waals surface area contributed by atoms with Crippen molar-refractivity contribution in [2.45, 2.75) is 52.2 Å². The molecule has 1 unspecified atom stereocenters. The third-order valence-corrected chi connectivity index (χ3v) is 3.99. The summed E-state index contributed by atoms with van der Waals surface area (Å²) in [5.74, 6) is -0.508. The van der Waals surface area contributed by atoms with E-state index in [1.165, 1.54) is 0 Å². The van der Waals surface area contributed by atoms with E-state index >= 15 is 0 Å². The molecule has 0 saturated carbocycles. The van der Waals surface area contributed by atoms with Crippen LogP contribution in [0.3, 0.4) is 0 Å². The third-order valence-electron chi connectivity index (χ3n) is 3.99. The van der Waals surface area contributed by atoms with E-state index in [4.69, 9.17) is 9.84 Å². The van der Waals surface area contributed by atoms with Gasteiger partial charge in [0.05, 0.1) is 13.1 Å². The fourth-order valence-corrected chi connectivity index (χ4v) is 2.63. The fourth-order valence-electron chi connectivity index (χ4n) is 2.63. The van der Waals surface area contributed by atoms with Gasteiger partial charge in [-0.15, -0.1) is 0 Å². The van der Waals surface area contributed by atoms with E-state index in [1.54, 1.807) is 4.90 Å². The Morgan fingerprint density at radius 2 is 1.90 bits per heavy atom. The summed E-state index contributed by atoms with van der Waals surface area (Å²) in [6.07, 6.45) is 2.08. The Bertz CT molecular complexity index is 349. The predicted molar refractivity (Wildman–Crippen MR) is 75.6 cm³/mol. The molecule has 1 saturated heterocycles. The summed E-state index contributed by atoms with van der Waals surface area (Å²) in [5.41, 5.74) is -0.534. The summed E-state index contributed by atoms with van der Waals surface area (Å²) in [6, 6.07) is 0.0464. The van der Waals surface area contributed by atoms with Crippen molar-refractivity contribution in [2.24, 2.45) is 5.92 Å². The van der Waals surface area contributed by atoms with Gasteiger partial charge in [-0.2, -0.15) is 0 Å². The van der Waals surface area contributed by atoms with Gasteiger partial charge in [0.2, 0.25) is 0 Å². The molecule has 0 spiro atoms. The molecule has 1 heterocycles. The van der Waals surface area contributed by atoms with Crippen molar-refractivity contribution < 1.29 is 19.4 Å². The van der Waals surface area contributed by atoms with E-state index in [2.05, 4.69) is 19.2 Å². The van der Waals surface area contributed by atoms with Crippen LogP contribution in [-0.4, -0.2) is 53.3 Å². The van der Waals surface area contributed by atoms with Gasteiger partial charge >= 0.3 is 12.0 Å². The summed E-state index contributed by atoms with van der Waals surface area (Å²) < 4.78 is 5.28. The maximum atomic E-state index is 12.0. The molecule has 0 aromatic rings. The van der Waals surface area contributed by atoms with Gasteiger partial charge in [0, 0.05) is 6.04 Å². The number of aliphatic carboxylic acids is 1. The summed E-state index contributed by atoms with van der Waals surface area (Å²) in [7, 11) is 0. The second kappa shape index (κ2) is 6.92. The minimum Gasteiger partial charge on any atom is -0.480 e. The molecule has 6 heteroatoms. The normalized spacial score (nSPS) is 18.6. The van der Waals surface area contributed by atoms with Gasteiger partial charge in [-0.25, -0.2) is 9.59 Å². The molecule has 0 aromatic carbocycles. The van der Waals surface area contributed by atoms with Crippen LogP contribution in [-0.2, 0) is 9.53 Å². The molecule has 2 amide bonds. The maximum Gasteiger partial charge on any atom is 0.329 e. The average molecular weight is 286 g/mol. The lowest BCUT2D eigenvalue weighted by Crippen LogP contribution is -2.66. The zero-order chi connectivity index (χ0) is 15.3. The molecule has 1 aliphatic rings. The second-order valence-electron chi connectivity index (χ2n) is 5.80. The summed E-state index contributed by atoms with van der Waals surface area (Å²) in [6.45, 7) is 8.63. The number of carbonyl (C=O) groups excluding carboxylic acids is 1. The van der Waals surface area contributed by atoms with Crippen LogP contribution >= 0.6 is 0 Å². The molecule has 20 heavy (non-hydrogen) atoms. The lowest BCUT2D eigenvalue weighted by molar-refractivity contribution is -0.159. The van der Waals surface area contributed by atoms with Gasteiger partial charge in [0.1, 0.15) is 12.2 Å². The first-order chi connectivity index (χ1) is 9.31. The van der Waals surface area contributed by atoms with Crippen LogP contribution in [0.2, 0.25) is 0 Å². The Kier molecular flexibility index (Phi) is 5.80. The Hall–Kier alpha value is -1.30. The van der Waals surface area contributed by atoms with Gasteiger partial charge < -0.3 is 20.1 Å². The minimum absolute atomic E-state index is 0.0965. The van der Waals surface area contributed by atoms with Crippen molar-refractivity contribution in [1.82, 2.24) is 10.2 Å². The predicted octanol–water partition coefficient (Wildman–Crippen LogP) is 1.70. The Balaban J connectivity index is 2.36. The number of carboxylic acid groups (broad SMARTS) is 1. The molecular weight excluding hydrogens is 260 g/mol. The van der Waals surface area contributed by atoms with Gasteiger partial charge in [0.25, 0.3) is 0 Å². The summed E-state index contributed by atoms with van der Waals surface area (Å²) in [4.78, 5) is 24.2. The molecule has 0 radical (unpaired) electrons. The minimum atomic E-state index is -0.989. The maximum absolute atomic E-state index is 12.0. The fraction of sp³-hybridized carbons (Fsp3) is 0.857. The van der Waals surface area contributed by atoms with Crippen LogP contribution in [0.15, 0.2) is 0 Å². The van der Waals surface area contributed by atoms with Gasteiger partial charge in [0.15, 0.2) is 0 Å². The molecule has 6 nitrogen and oxygen atoms in total. The SMILES string of the molecule is CCC(CC)C(C)NC(=O)N1CC(C)(OCC(=O)O)C1. The Labute approximate surface area is 120 Å². The van der Waals surface area contributed by atoms with Crippen LogP contribution < -0.4 is 5.32 Å². The van der Waals surface area contributed by atoms with Gasteiger partial charge in [-0.3, -0.25) is 0 Å². The molecule has 0 aliphatic carbocycles. The van der Waals surface area contributed by atoms with Crippen LogP contribution in [0.5, 0.6) is 0 Å². The summed E-state index contributed by atoms with van der Waals surface area (Å²) in [5, 5.41) is 11.6. The van der Waals surface area contributed by atoms with Crippen LogP contribution in [0, 0.1) is 5.92 Å². The molecule has 116 valence electrons. The number of nitrogens with zero attached hydrogens (tertiary/aromatic N) is 1. The van der Waals surface area contributed by atoms with Gasteiger partial charge in [-0.1, -0.05) is 26.7 Å². The Morgan fingerprint density at radius 1 is 1.35 bits per heavy atom. The van der Waals surface area contributed by atoms with Crippen molar-refractivity contribution in [3.63, 3.8) is 0 Å². The van der Waals surface area contributed by atoms with Crippen molar-refractivity contribution in [1.29, 1.82) is 0 Å². The van der Waals surface area contributed by atoms with E-state index < -0.39 is 11.6 Å². The monoisotopic (exact) mass is 286 g/mol. The first-order valence-electron chi connectivity index (χ1n) is 7.22. The number of rotatable bonds is 7. The average Bonchev–Trinajstić information content (AvgIpc) is 2.34. The van der Waals surface area contributed by atoms with Crippen LogP contribution in [0.1, 0.15) is 40.5 Å². The molecule has 2 N–H and O–H groups in total. The number of amides is 2. The van der Waals surface area contributed by atoms with Crippen LogP contribution in [0.4, 0.5) is 4.79 Å². The van der Waals surface area contributed by atoms with Gasteiger partial charge in [-0.05, 0) is 19.8 Å². The first kappa shape index (κ1) is 16.8. The third kappa shape index (κ3) is 4.37. The lowest BCUT2D eigenvalue weighted by Gasteiger charge is -2.47. The highest BCUT2D eigenvalue weighted by molar-refractivity contribution is 5.76. The topological polar surface area (TPSA) is 78.9 Å². The van der Waals surface area contributed by atoms with E-state index in [0.29, 0.717) is 19.0 Å². The van der Waals surface area contributed by atoms with E-state index in [9.17, 15) is 9.59 Å². The highest BCUT2D eigenvalue weighted by atomic mass is 16.5. The van der Waals surface area contributed by atoms with Crippen molar-refractivity contribution >= 4 is 12.0 Å². The van der Waals surface area contributed by atoms with Crippen LogP contribution in [0.25, 0.3) is 0 Å². The lowest BCUT2D eigenvalue weighted by atomic mass is 9.95. The summed E-state index contributed by atoms with van der Waals surface area (Å²) >= 11 is 0. The number of ether oxygens (including phenoxy) is 1. The smallest absolute Gasteiger partial charge is 0.329 e. The molecule has 1 atom stereocenters. The standard InChI is InChI=1S/C14H26N2O4/c1-5-11(6-2)10(3)15-13(19)16-8-14(4,9-16)20-7-12(17)18/h10-11H,5-9H2,1-4H3,(H,15,19)(H,17,18). The van der Waals surface area contributed by atoms with Crippen molar-refractivity contribution in [3.8, 4) is 0 Å². The zero-order valence-electron chi connectivity index (χ0n) is 12.8. The highest BCUT2D eigenvalue weighted by Crippen LogP contribution is 2.25. The number of likely N-dealkylation sites (tertiary alicyclic amines) is 1. The van der Waals surface area contributed by atoms with E-state index in [-0.39, 0.29) is 18.7 Å². The number of nitrogens with one attached hydrogen (secondary N) is 1. The molecule has 1 rings (SSSR count). The van der Waals surface area contributed by atoms with Crippen molar-refractivity contribution in [3.05, 3.63) is 0 Å². The number of carboxylic acids is 1. The number of urea groups is 1. The number of carbonyl (C=O) groups is 2. The molecule has 1 aliphatic heterocycles. The number of hydrogen-bond donors (Lipinski definition) is 2. The second-order valence-corrected chi connectivity index (χ2v) is 5.80. The van der Waals surface area contributed by atoms with E-state index in [1.807, 2.05) is 13.8 Å². The zero-order valence-corrected chi connectivity index (χ0v) is 12.8. The molecule has 0 bridgehead atoms. The van der Waals surface area contributed by atoms with Crippen molar-refractivity contribution in [2.75, 3.05) is 19.7 Å². The van der Waals surface area contributed by atoms with E-state index in [0.717, 1.165) is 12.8 Å². The first-order valence-corrected chi connectivity index (χ1v) is 7.22. The number of hydrogen-bond acceptors (Lipinski definition) is 3.